The second-order valence-corrected chi connectivity index (χ2v) is 3.65. The van der Waals surface area contributed by atoms with E-state index >= 15 is 0 Å². The van der Waals surface area contributed by atoms with Gasteiger partial charge in [-0.15, -0.1) is 0 Å². The highest BCUT2D eigenvalue weighted by molar-refractivity contribution is 5.34. The van der Waals surface area contributed by atoms with E-state index in [2.05, 4.69) is 0 Å². The summed E-state index contributed by atoms with van der Waals surface area (Å²) in [5.74, 6) is 0.724. The van der Waals surface area contributed by atoms with E-state index in [1.807, 2.05) is 13.0 Å². The third-order valence-electron chi connectivity index (χ3n) is 1.99. The van der Waals surface area contributed by atoms with Gasteiger partial charge in [-0.3, -0.25) is 0 Å². The fourth-order valence-electron chi connectivity index (χ4n) is 1.37. The van der Waals surface area contributed by atoms with Crippen LogP contribution in [0.25, 0.3) is 0 Å². The van der Waals surface area contributed by atoms with Crippen LogP contribution in [0.4, 0.5) is 0 Å². The molecule has 0 radical (unpaired) electrons. The minimum Gasteiger partial charge on any atom is -0.491 e. The summed E-state index contributed by atoms with van der Waals surface area (Å²) >= 11 is 0. The number of aliphatic hydroxyl groups is 1. The average molecular weight is 205 g/mol. The van der Waals surface area contributed by atoms with Gasteiger partial charge in [0.15, 0.2) is 0 Å². The van der Waals surface area contributed by atoms with Gasteiger partial charge in [-0.2, -0.15) is 5.26 Å². The number of benzene rings is 1. The van der Waals surface area contributed by atoms with Crippen molar-refractivity contribution >= 4 is 0 Å². The number of rotatable bonds is 4. The topological polar surface area (TPSA) is 53.2 Å². The maximum atomic E-state index is 9.16. The van der Waals surface area contributed by atoms with Crippen LogP contribution in [0.2, 0.25) is 0 Å². The highest BCUT2D eigenvalue weighted by Gasteiger charge is 2.07. The van der Waals surface area contributed by atoms with Gasteiger partial charge in [0.2, 0.25) is 0 Å². The van der Waals surface area contributed by atoms with Gasteiger partial charge in [0.1, 0.15) is 5.75 Å². The molecule has 3 heteroatoms. The molecule has 0 bridgehead atoms. The van der Waals surface area contributed by atoms with Crippen LogP contribution in [0.15, 0.2) is 24.3 Å². The van der Waals surface area contributed by atoms with Crippen molar-refractivity contribution in [3.63, 3.8) is 0 Å². The van der Waals surface area contributed by atoms with Crippen molar-refractivity contribution in [1.82, 2.24) is 0 Å². The molecule has 0 spiro atoms. The first kappa shape index (κ1) is 11.5. The van der Waals surface area contributed by atoms with E-state index in [0.29, 0.717) is 12.0 Å². The Labute approximate surface area is 89.9 Å². The number of hydrogen-bond donors (Lipinski definition) is 1. The van der Waals surface area contributed by atoms with Crippen LogP contribution in [-0.4, -0.2) is 17.3 Å². The van der Waals surface area contributed by atoms with Crippen LogP contribution in [-0.2, 0) is 0 Å². The lowest BCUT2D eigenvalue weighted by molar-refractivity contribution is 0.115. The van der Waals surface area contributed by atoms with E-state index < -0.39 is 0 Å². The molecule has 0 fully saturated rings. The Bertz CT molecular complexity index is 338. The lowest BCUT2D eigenvalue weighted by atomic mass is 10.2. The number of hydrogen-bond acceptors (Lipinski definition) is 3. The molecular weight excluding hydrogens is 190 g/mol. The first-order valence-electron chi connectivity index (χ1n) is 4.96. The normalized spacial score (nSPS) is 14.0. The van der Waals surface area contributed by atoms with Crippen LogP contribution in [0.5, 0.6) is 5.75 Å². The molecule has 0 aliphatic rings. The van der Waals surface area contributed by atoms with Gasteiger partial charge in [-0.05, 0) is 38.1 Å². The maximum absolute atomic E-state index is 9.16. The van der Waals surface area contributed by atoms with Gasteiger partial charge in [-0.1, -0.05) is 0 Å². The predicted octanol–water partition coefficient (Wildman–Crippen LogP) is 2.10. The third kappa shape index (κ3) is 4.01. The zero-order valence-electron chi connectivity index (χ0n) is 8.97. The zero-order chi connectivity index (χ0) is 11.3. The van der Waals surface area contributed by atoms with E-state index in [-0.39, 0.29) is 12.2 Å². The van der Waals surface area contributed by atoms with Crippen molar-refractivity contribution in [2.45, 2.75) is 32.5 Å². The summed E-state index contributed by atoms with van der Waals surface area (Å²) in [6.45, 7) is 3.64. The first-order chi connectivity index (χ1) is 7.11. The molecule has 15 heavy (non-hydrogen) atoms. The van der Waals surface area contributed by atoms with Crippen LogP contribution < -0.4 is 4.74 Å². The molecule has 0 saturated carbocycles. The monoisotopic (exact) mass is 205 g/mol. The summed E-state index contributed by atoms with van der Waals surface area (Å²) in [7, 11) is 0. The standard InChI is InChI=1S/C12H15NO2/c1-9(14)7-10(2)15-12-5-3-11(8-13)4-6-12/h3-6,9-10,14H,7H2,1-2H3/t9-,10+/m1/s1. The summed E-state index contributed by atoms with van der Waals surface area (Å²) < 4.78 is 5.56. The van der Waals surface area contributed by atoms with Crippen molar-refractivity contribution in [2.75, 3.05) is 0 Å². The lowest BCUT2D eigenvalue weighted by Crippen LogP contribution is -2.18. The second kappa shape index (κ2) is 5.38. The van der Waals surface area contributed by atoms with E-state index in [9.17, 15) is 0 Å². The van der Waals surface area contributed by atoms with Gasteiger partial charge >= 0.3 is 0 Å². The summed E-state index contributed by atoms with van der Waals surface area (Å²) in [6.07, 6.45) is 0.205. The van der Waals surface area contributed by atoms with Gasteiger partial charge < -0.3 is 9.84 Å². The molecule has 80 valence electrons. The minimum absolute atomic E-state index is 0.0297. The first-order valence-corrected chi connectivity index (χ1v) is 4.96. The maximum Gasteiger partial charge on any atom is 0.119 e. The summed E-state index contributed by atoms with van der Waals surface area (Å²) in [5.41, 5.74) is 0.616. The predicted molar refractivity (Wildman–Crippen MR) is 57.5 cm³/mol. The Morgan fingerprint density at radius 3 is 2.40 bits per heavy atom. The summed E-state index contributed by atoms with van der Waals surface area (Å²) in [5, 5.41) is 17.8. The summed E-state index contributed by atoms with van der Waals surface area (Å²) in [4.78, 5) is 0. The van der Waals surface area contributed by atoms with Crippen LogP contribution in [0.3, 0.4) is 0 Å². The van der Waals surface area contributed by atoms with Crippen LogP contribution in [0, 0.1) is 11.3 Å². The van der Waals surface area contributed by atoms with Crippen LogP contribution >= 0.6 is 0 Å². The van der Waals surface area contributed by atoms with E-state index in [0.717, 1.165) is 5.75 Å². The van der Waals surface area contributed by atoms with Gasteiger partial charge in [0, 0.05) is 6.42 Å². The lowest BCUT2D eigenvalue weighted by Gasteiger charge is -2.15. The van der Waals surface area contributed by atoms with E-state index in [4.69, 9.17) is 15.1 Å². The van der Waals surface area contributed by atoms with Crippen molar-refractivity contribution in [3.8, 4) is 11.8 Å². The molecule has 0 aliphatic heterocycles. The molecule has 0 saturated heterocycles. The molecule has 3 nitrogen and oxygen atoms in total. The van der Waals surface area contributed by atoms with Gasteiger partial charge in [0.05, 0.1) is 23.8 Å². The van der Waals surface area contributed by atoms with Crippen molar-refractivity contribution in [1.29, 1.82) is 5.26 Å². The number of nitrogens with zero attached hydrogens (tertiary/aromatic N) is 1. The fourth-order valence-corrected chi connectivity index (χ4v) is 1.37. The van der Waals surface area contributed by atoms with Crippen LogP contribution in [0.1, 0.15) is 25.8 Å². The van der Waals surface area contributed by atoms with Gasteiger partial charge in [-0.25, -0.2) is 0 Å². The molecule has 0 aromatic heterocycles. The molecule has 2 atom stereocenters. The van der Waals surface area contributed by atoms with Crippen molar-refractivity contribution in [3.05, 3.63) is 29.8 Å². The Hall–Kier alpha value is -1.53. The van der Waals surface area contributed by atoms with Crippen molar-refractivity contribution in [2.24, 2.45) is 0 Å². The molecular formula is C12H15NO2. The Morgan fingerprint density at radius 1 is 1.33 bits per heavy atom. The number of aliphatic hydroxyl groups excluding tert-OH is 1. The Balaban J connectivity index is 2.54. The SMILES string of the molecule is C[C@@H](O)C[C@H](C)Oc1ccc(C#N)cc1. The molecule has 1 aromatic rings. The van der Waals surface area contributed by atoms with E-state index in [1.54, 1.807) is 31.2 Å². The quantitative estimate of drug-likeness (QED) is 0.818. The van der Waals surface area contributed by atoms with Crippen molar-refractivity contribution < 1.29 is 9.84 Å². The second-order valence-electron chi connectivity index (χ2n) is 3.65. The number of nitriles is 1. The molecule has 0 heterocycles. The Morgan fingerprint density at radius 2 is 1.93 bits per heavy atom. The van der Waals surface area contributed by atoms with E-state index in [1.165, 1.54) is 0 Å². The fraction of sp³-hybridized carbons (Fsp3) is 0.417. The highest BCUT2D eigenvalue weighted by atomic mass is 16.5. The van der Waals surface area contributed by atoms with Gasteiger partial charge in [0.25, 0.3) is 0 Å². The molecule has 1 rings (SSSR count). The zero-order valence-corrected chi connectivity index (χ0v) is 8.97. The summed E-state index contributed by atoms with van der Waals surface area (Å²) in [6, 6.07) is 8.99. The number of ether oxygens (including phenoxy) is 1. The third-order valence-corrected chi connectivity index (χ3v) is 1.99. The smallest absolute Gasteiger partial charge is 0.119 e. The average Bonchev–Trinajstić information content (AvgIpc) is 2.17. The molecule has 0 unspecified atom stereocenters. The molecule has 0 amide bonds. The molecule has 1 aromatic carbocycles. The highest BCUT2D eigenvalue weighted by Crippen LogP contribution is 2.15. The largest absolute Gasteiger partial charge is 0.491 e. The molecule has 0 aliphatic carbocycles. The Kier molecular flexibility index (Phi) is 4.14. The minimum atomic E-state index is -0.363. The molecule has 1 N–H and O–H groups in total.